The van der Waals surface area contributed by atoms with Crippen molar-refractivity contribution in [3.8, 4) is 0 Å². The van der Waals surface area contributed by atoms with Crippen molar-refractivity contribution in [2.75, 3.05) is 13.2 Å². The molecule has 0 aliphatic heterocycles. The van der Waals surface area contributed by atoms with Gasteiger partial charge in [0.2, 0.25) is 0 Å². The van der Waals surface area contributed by atoms with E-state index < -0.39 is 0 Å². The summed E-state index contributed by atoms with van der Waals surface area (Å²) in [7, 11) is 0. The van der Waals surface area contributed by atoms with Gasteiger partial charge in [-0.2, -0.15) is 0 Å². The van der Waals surface area contributed by atoms with E-state index in [4.69, 9.17) is 9.47 Å². The van der Waals surface area contributed by atoms with Crippen molar-refractivity contribution in [2.45, 2.75) is 50.7 Å². The molecular formula is C22H30O2. The molecule has 6 aliphatic rings. The molecule has 24 heavy (non-hydrogen) atoms. The Kier molecular flexibility index (Phi) is 3.30. The molecule has 0 N–H and O–H groups in total. The van der Waals surface area contributed by atoms with Crippen LogP contribution in [0.4, 0.5) is 0 Å². The van der Waals surface area contributed by atoms with Gasteiger partial charge in [0.1, 0.15) is 0 Å². The fourth-order valence-corrected chi connectivity index (χ4v) is 7.75. The predicted octanol–water partition coefficient (Wildman–Crippen LogP) is 4.22. The molecule has 0 heterocycles. The van der Waals surface area contributed by atoms with Crippen LogP contribution in [-0.4, -0.2) is 25.4 Å². The number of allylic oxidation sites excluding steroid dienone is 4. The van der Waals surface area contributed by atoms with Crippen LogP contribution < -0.4 is 0 Å². The lowest BCUT2D eigenvalue weighted by Crippen LogP contribution is -2.33. The Morgan fingerprint density at radius 3 is 1.62 bits per heavy atom. The van der Waals surface area contributed by atoms with Crippen molar-refractivity contribution >= 4 is 0 Å². The molecule has 2 nitrogen and oxygen atoms in total. The van der Waals surface area contributed by atoms with Crippen LogP contribution >= 0.6 is 0 Å². The van der Waals surface area contributed by atoms with Crippen molar-refractivity contribution in [1.29, 1.82) is 0 Å². The summed E-state index contributed by atoms with van der Waals surface area (Å²) >= 11 is 0. The molecule has 10 atom stereocenters. The summed E-state index contributed by atoms with van der Waals surface area (Å²) < 4.78 is 12.6. The van der Waals surface area contributed by atoms with E-state index in [1.165, 1.54) is 38.5 Å². The quantitative estimate of drug-likeness (QED) is 0.556. The maximum Gasteiger partial charge on any atom is 0.0704 e. The molecule has 4 saturated carbocycles. The molecule has 4 bridgehead atoms. The second-order valence-electron chi connectivity index (χ2n) is 9.42. The van der Waals surface area contributed by atoms with Gasteiger partial charge in [-0.15, -0.1) is 0 Å². The van der Waals surface area contributed by atoms with Crippen molar-refractivity contribution in [3.63, 3.8) is 0 Å². The Bertz CT molecular complexity index is 516. The maximum absolute atomic E-state index is 6.30. The number of hydrogen-bond donors (Lipinski definition) is 0. The average molecular weight is 326 g/mol. The number of hydrogen-bond acceptors (Lipinski definition) is 2. The van der Waals surface area contributed by atoms with E-state index in [2.05, 4.69) is 24.3 Å². The standard InChI is InChI=1S/C22H30O2/c1-3-15-13-9-19(17(15)5-1)21(11-13)23-7-8-24-22-12-14-10-20(22)18-6-2-4-16(14)18/h1-2,5-6,13-22H,3-4,7-12H2/t13-,14+,15-,16-,17-,18+,19+,20-,21-,22-/m1/s1. The van der Waals surface area contributed by atoms with Gasteiger partial charge in [-0.3, -0.25) is 0 Å². The zero-order valence-electron chi connectivity index (χ0n) is 14.6. The lowest BCUT2D eigenvalue weighted by atomic mass is 9.80. The van der Waals surface area contributed by atoms with Crippen LogP contribution in [0.2, 0.25) is 0 Å². The summed E-state index contributed by atoms with van der Waals surface area (Å²) in [5.41, 5.74) is 0. The van der Waals surface area contributed by atoms with Crippen LogP contribution in [0.25, 0.3) is 0 Å². The maximum atomic E-state index is 6.30. The van der Waals surface area contributed by atoms with Gasteiger partial charge in [0, 0.05) is 0 Å². The summed E-state index contributed by atoms with van der Waals surface area (Å²) in [5.74, 6) is 7.11. The number of ether oxygens (including phenoxy) is 2. The molecule has 0 aromatic rings. The van der Waals surface area contributed by atoms with E-state index >= 15 is 0 Å². The minimum atomic E-state index is 0.518. The monoisotopic (exact) mass is 326 g/mol. The summed E-state index contributed by atoms with van der Waals surface area (Å²) in [6, 6.07) is 0. The van der Waals surface area contributed by atoms with Gasteiger partial charge in [0.25, 0.3) is 0 Å². The van der Waals surface area contributed by atoms with Crippen molar-refractivity contribution < 1.29 is 9.47 Å². The molecule has 0 saturated heterocycles. The van der Waals surface area contributed by atoms with Gasteiger partial charge in [-0.05, 0) is 85.9 Å². The summed E-state index contributed by atoms with van der Waals surface area (Å²) in [6.45, 7) is 1.62. The molecule has 0 aromatic heterocycles. The van der Waals surface area contributed by atoms with Crippen molar-refractivity contribution in [2.24, 2.45) is 47.3 Å². The molecule has 2 heteroatoms. The Balaban J connectivity index is 0.986. The Morgan fingerprint density at radius 2 is 1.12 bits per heavy atom. The van der Waals surface area contributed by atoms with E-state index in [-0.39, 0.29) is 0 Å². The summed E-state index contributed by atoms with van der Waals surface area (Å²) in [5, 5.41) is 0. The zero-order chi connectivity index (χ0) is 15.7. The Hall–Kier alpha value is -0.600. The second-order valence-corrected chi connectivity index (χ2v) is 9.42. The van der Waals surface area contributed by atoms with Gasteiger partial charge < -0.3 is 9.47 Å². The SMILES string of the molecule is C1=C[C@@H]2[C@H](C1)[C@@H]1C[C@@H]2[C@H](OCCO[C@@H]2C[C@@H]3C[C@@H]2[C@H]2C=CC[C@H]32)C1. The molecule has 0 unspecified atom stereocenters. The first-order chi connectivity index (χ1) is 11.9. The predicted molar refractivity (Wildman–Crippen MR) is 93.4 cm³/mol. The first-order valence-corrected chi connectivity index (χ1v) is 10.4. The third kappa shape index (κ3) is 2.02. The second kappa shape index (κ2) is 5.45. The third-order valence-electron chi connectivity index (χ3n) is 8.64. The van der Waals surface area contributed by atoms with Gasteiger partial charge in [0.05, 0.1) is 25.4 Å². The fraction of sp³-hybridized carbons (Fsp3) is 0.818. The molecular weight excluding hydrogens is 296 g/mol. The van der Waals surface area contributed by atoms with Gasteiger partial charge in [-0.25, -0.2) is 0 Å². The van der Waals surface area contributed by atoms with Crippen LogP contribution in [0.3, 0.4) is 0 Å². The first kappa shape index (κ1) is 14.6. The van der Waals surface area contributed by atoms with Crippen LogP contribution in [0, 0.1) is 47.3 Å². The van der Waals surface area contributed by atoms with E-state index in [0.29, 0.717) is 12.2 Å². The minimum absolute atomic E-state index is 0.518. The van der Waals surface area contributed by atoms with E-state index in [0.717, 1.165) is 60.6 Å². The molecule has 0 spiro atoms. The molecule has 6 aliphatic carbocycles. The van der Waals surface area contributed by atoms with Crippen LogP contribution in [-0.2, 0) is 9.47 Å². The van der Waals surface area contributed by atoms with Crippen molar-refractivity contribution in [3.05, 3.63) is 24.3 Å². The lowest BCUT2D eigenvalue weighted by molar-refractivity contribution is -0.0642. The largest absolute Gasteiger partial charge is 0.376 e. The van der Waals surface area contributed by atoms with E-state index in [1.807, 2.05) is 0 Å². The number of fused-ring (bicyclic) bond motifs is 10. The molecule has 0 amide bonds. The summed E-state index contributed by atoms with van der Waals surface area (Å²) in [6.07, 6.45) is 19.0. The van der Waals surface area contributed by atoms with Crippen LogP contribution in [0.15, 0.2) is 24.3 Å². The van der Waals surface area contributed by atoms with Gasteiger partial charge in [0.15, 0.2) is 0 Å². The highest BCUT2D eigenvalue weighted by Crippen LogP contribution is 2.58. The topological polar surface area (TPSA) is 18.5 Å². The average Bonchev–Trinajstić information content (AvgIpc) is 3.40. The van der Waals surface area contributed by atoms with Crippen LogP contribution in [0.1, 0.15) is 38.5 Å². The lowest BCUT2D eigenvalue weighted by Gasteiger charge is -2.32. The normalized spacial score (nSPS) is 55.7. The smallest absolute Gasteiger partial charge is 0.0704 e. The van der Waals surface area contributed by atoms with E-state index in [9.17, 15) is 0 Å². The molecule has 0 radical (unpaired) electrons. The molecule has 0 aromatic carbocycles. The van der Waals surface area contributed by atoms with Crippen LogP contribution in [0.5, 0.6) is 0 Å². The summed E-state index contributed by atoms with van der Waals surface area (Å²) in [4.78, 5) is 0. The molecule has 4 fully saturated rings. The third-order valence-corrected chi connectivity index (χ3v) is 8.64. The highest BCUT2D eigenvalue weighted by molar-refractivity contribution is 5.15. The Morgan fingerprint density at radius 1 is 0.625 bits per heavy atom. The molecule has 130 valence electrons. The zero-order valence-corrected chi connectivity index (χ0v) is 14.6. The van der Waals surface area contributed by atoms with Gasteiger partial charge >= 0.3 is 0 Å². The van der Waals surface area contributed by atoms with Gasteiger partial charge in [-0.1, -0.05) is 24.3 Å². The fourth-order valence-electron chi connectivity index (χ4n) is 7.75. The van der Waals surface area contributed by atoms with E-state index in [1.54, 1.807) is 0 Å². The first-order valence-electron chi connectivity index (χ1n) is 10.4. The van der Waals surface area contributed by atoms with Crippen molar-refractivity contribution in [1.82, 2.24) is 0 Å². The highest BCUT2D eigenvalue weighted by Gasteiger charge is 2.54. The molecule has 6 rings (SSSR count). The highest BCUT2D eigenvalue weighted by atomic mass is 16.5. The number of rotatable bonds is 5. The minimum Gasteiger partial charge on any atom is -0.376 e. The Labute approximate surface area is 145 Å².